The smallest absolute Gasteiger partial charge is 0.337 e. The summed E-state index contributed by atoms with van der Waals surface area (Å²) in [4.78, 5) is 19.0. The fraction of sp³-hybridized carbons (Fsp3) is 0. The molecule has 0 saturated heterocycles. The Bertz CT molecular complexity index is 981. The first-order valence-electron chi connectivity index (χ1n) is 6.56. The Balaban J connectivity index is 2.24. The van der Waals surface area contributed by atoms with E-state index < -0.39 is 28.9 Å². The molecule has 0 atom stereocenters. The van der Waals surface area contributed by atoms with E-state index in [2.05, 4.69) is 31.2 Å². The Morgan fingerprint density at radius 1 is 1.25 bits per heavy atom. The van der Waals surface area contributed by atoms with Gasteiger partial charge in [-0.15, -0.1) is 0 Å². The largest absolute Gasteiger partial charge is 0.478 e. The van der Waals surface area contributed by atoms with E-state index in [1.54, 1.807) is 0 Å². The van der Waals surface area contributed by atoms with Crippen LogP contribution in [0.25, 0.3) is 10.9 Å². The van der Waals surface area contributed by atoms with E-state index in [4.69, 9.17) is 5.73 Å². The molecule has 0 fully saturated rings. The molecule has 24 heavy (non-hydrogen) atoms. The average molecular weight is 395 g/mol. The van der Waals surface area contributed by atoms with E-state index in [0.717, 1.165) is 12.4 Å². The van der Waals surface area contributed by atoms with Crippen LogP contribution < -0.4 is 11.1 Å². The van der Waals surface area contributed by atoms with Gasteiger partial charge in [-0.3, -0.25) is 0 Å². The Morgan fingerprint density at radius 2 is 2.00 bits per heavy atom. The van der Waals surface area contributed by atoms with Gasteiger partial charge in [-0.05, 0) is 24.3 Å². The number of nitrogen functional groups attached to an aromatic ring is 1. The lowest BCUT2D eigenvalue weighted by Gasteiger charge is -2.14. The first-order valence-corrected chi connectivity index (χ1v) is 7.36. The van der Waals surface area contributed by atoms with Gasteiger partial charge >= 0.3 is 5.97 Å². The SMILES string of the molecule is Nc1ncnc2c(F)c(Nc3ccc(Br)cc3F)c(C(=O)O)cc12. The molecule has 4 N–H and O–H groups in total. The van der Waals surface area contributed by atoms with Gasteiger partial charge < -0.3 is 16.2 Å². The van der Waals surface area contributed by atoms with E-state index in [1.807, 2.05) is 0 Å². The second-order valence-electron chi connectivity index (χ2n) is 4.82. The van der Waals surface area contributed by atoms with Crippen LogP contribution in [0.3, 0.4) is 0 Å². The molecular weight excluding hydrogens is 386 g/mol. The van der Waals surface area contributed by atoms with Gasteiger partial charge in [0.25, 0.3) is 0 Å². The summed E-state index contributed by atoms with van der Waals surface area (Å²) in [5.41, 5.74) is 4.58. The molecule has 6 nitrogen and oxygen atoms in total. The molecule has 0 aliphatic rings. The first-order chi connectivity index (χ1) is 11.4. The number of nitrogens with one attached hydrogen (secondary N) is 1. The Morgan fingerprint density at radius 3 is 2.67 bits per heavy atom. The van der Waals surface area contributed by atoms with Crippen molar-refractivity contribution in [2.75, 3.05) is 11.1 Å². The normalized spacial score (nSPS) is 10.8. The number of carbonyl (C=O) groups is 1. The summed E-state index contributed by atoms with van der Waals surface area (Å²) in [6.45, 7) is 0. The summed E-state index contributed by atoms with van der Waals surface area (Å²) in [5, 5.41) is 11.9. The van der Waals surface area contributed by atoms with E-state index >= 15 is 0 Å². The van der Waals surface area contributed by atoms with Crippen LogP contribution in [0.15, 0.2) is 35.1 Å². The minimum absolute atomic E-state index is 0.0530. The van der Waals surface area contributed by atoms with Crippen LogP contribution in [0.2, 0.25) is 0 Å². The fourth-order valence-corrected chi connectivity index (χ4v) is 2.53. The minimum atomic E-state index is -1.40. The van der Waals surface area contributed by atoms with Gasteiger partial charge in [0, 0.05) is 9.86 Å². The molecule has 0 aliphatic heterocycles. The number of benzene rings is 2. The van der Waals surface area contributed by atoms with Crippen molar-refractivity contribution >= 4 is 50.0 Å². The number of nitrogens with two attached hydrogens (primary N) is 1. The number of nitrogens with zero attached hydrogens (tertiary/aromatic N) is 2. The van der Waals surface area contributed by atoms with Crippen LogP contribution in [0.1, 0.15) is 10.4 Å². The average Bonchev–Trinajstić information content (AvgIpc) is 2.52. The summed E-state index contributed by atoms with van der Waals surface area (Å²) in [6, 6.07) is 5.20. The van der Waals surface area contributed by atoms with Crippen molar-refractivity contribution in [1.29, 1.82) is 0 Å². The molecule has 1 heterocycles. The van der Waals surface area contributed by atoms with Crippen LogP contribution in [0.5, 0.6) is 0 Å². The number of aromatic nitrogens is 2. The zero-order chi connectivity index (χ0) is 17.4. The number of rotatable bonds is 3. The topological polar surface area (TPSA) is 101 Å². The highest BCUT2D eigenvalue weighted by Crippen LogP contribution is 2.33. The summed E-state index contributed by atoms with van der Waals surface area (Å²) < 4.78 is 29.2. The highest BCUT2D eigenvalue weighted by molar-refractivity contribution is 9.10. The van der Waals surface area contributed by atoms with Crippen molar-refractivity contribution in [3.63, 3.8) is 0 Å². The summed E-state index contributed by atoms with van der Waals surface area (Å²) in [7, 11) is 0. The maximum atomic E-state index is 14.8. The number of hydrogen-bond donors (Lipinski definition) is 3. The highest BCUT2D eigenvalue weighted by atomic mass is 79.9. The van der Waals surface area contributed by atoms with Gasteiger partial charge in [-0.25, -0.2) is 23.5 Å². The first kappa shape index (κ1) is 16.1. The van der Waals surface area contributed by atoms with E-state index in [9.17, 15) is 18.7 Å². The second-order valence-corrected chi connectivity index (χ2v) is 5.74. The molecule has 0 unspecified atom stereocenters. The molecule has 3 aromatic rings. The predicted octanol–water partition coefficient (Wildman–Crippen LogP) is 3.69. The van der Waals surface area contributed by atoms with Gasteiger partial charge in [0.1, 0.15) is 23.5 Å². The maximum Gasteiger partial charge on any atom is 0.337 e. The summed E-state index contributed by atoms with van der Waals surface area (Å²) >= 11 is 3.11. The molecule has 1 aromatic heterocycles. The number of halogens is 3. The van der Waals surface area contributed by atoms with Crippen molar-refractivity contribution in [2.24, 2.45) is 0 Å². The number of carboxylic acid groups (broad SMARTS) is 1. The molecule has 2 aromatic carbocycles. The third kappa shape index (κ3) is 2.73. The predicted molar refractivity (Wildman–Crippen MR) is 88.3 cm³/mol. The standard InChI is InChI=1S/C15H9BrF2N4O2/c16-6-1-2-10(9(17)3-6)22-13-8(15(23)24)4-7-12(11(13)18)20-5-21-14(7)19/h1-5,22H,(H,23,24)(H2,19,20,21). The molecule has 0 saturated carbocycles. The monoisotopic (exact) mass is 394 g/mol. The lowest BCUT2D eigenvalue weighted by molar-refractivity contribution is 0.0697. The minimum Gasteiger partial charge on any atom is -0.478 e. The zero-order valence-corrected chi connectivity index (χ0v) is 13.4. The lowest BCUT2D eigenvalue weighted by atomic mass is 10.1. The van der Waals surface area contributed by atoms with E-state index in [-0.39, 0.29) is 22.4 Å². The van der Waals surface area contributed by atoms with Crippen molar-refractivity contribution < 1.29 is 18.7 Å². The number of fused-ring (bicyclic) bond motifs is 1. The van der Waals surface area contributed by atoms with Crippen LogP contribution in [-0.4, -0.2) is 21.0 Å². The molecule has 3 rings (SSSR count). The van der Waals surface area contributed by atoms with Gasteiger partial charge in [-0.2, -0.15) is 0 Å². The van der Waals surface area contributed by atoms with Gasteiger partial charge in [0.2, 0.25) is 0 Å². The summed E-state index contributed by atoms with van der Waals surface area (Å²) in [6.07, 6.45) is 1.06. The third-order valence-corrected chi connectivity index (χ3v) is 3.81. The molecule has 0 aliphatic carbocycles. The van der Waals surface area contributed by atoms with E-state index in [0.29, 0.717) is 4.47 Å². The number of carboxylic acids is 1. The molecule has 0 amide bonds. The summed E-state index contributed by atoms with van der Waals surface area (Å²) in [5.74, 6) is -3.09. The number of anilines is 3. The van der Waals surface area contributed by atoms with Gasteiger partial charge in [0.05, 0.1) is 16.9 Å². The van der Waals surface area contributed by atoms with Crippen molar-refractivity contribution in [1.82, 2.24) is 9.97 Å². The zero-order valence-electron chi connectivity index (χ0n) is 11.8. The Hall–Kier alpha value is -2.81. The van der Waals surface area contributed by atoms with Crippen LogP contribution >= 0.6 is 15.9 Å². The quantitative estimate of drug-likeness (QED) is 0.625. The van der Waals surface area contributed by atoms with Crippen molar-refractivity contribution in [3.05, 3.63) is 52.3 Å². The van der Waals surface area contributed by atoms with Gasteiger partial charge in [-0.1, -0.05) is 15.9 Å². The second kappa shape index (κ2) is 6.00. The van der Waals surface area contributed by atoms with Gasteiger partial charge in [0.15, 0.2) is 5.82 Å². The molecule has 9 heteroatoms. The van der Waals surface area contributed by atoms with E-state index in [1.165, 1.54) is 18.2 Å². The van der Waals surface area contributed by atoms with Crippen molar-refractivity contribution in [2.45, 2.75) is 0 Å². The Labute approximate surface area is 142 Å². The lowest BCUT2D eigenvalue weighted by Crippen LogP contribution is -2.08. The molecule has 0 bridgehead atoms. The number of hydrogen-bond acceptors (Lipinski definition) is 5. The Kier molecular flexibility index (Phi) is 4.02. The molecule has 0 spiro atoms. The maximum absolute atomic E-state index is 14.8. The molecular formula is C15H9BrF2N4O2. The van der Waals surface area contributed by atoms with Crippen LogP contribution in [0, 0.1) is 11.6 Å². The highest BCUT2D eigenvalue weighted by Gasteiger charge is 2.21. The van der Waals surface area contributed by atoms with Crippen LogP contribution in [-0.2, 0) is 0 Å². The molecule has 0 radical (unpaired) electrons. The third-order valence-electron chi connectivity index (χ3n) is 3.32. The van der Waals surface area contributed by atoms with Crippen molar-refractivity contribution in [3.8, 4) is 0 Å². The molecule has 122 valence electrons. The number of aromatic carboxylic acids is 1. The van der Waals surface area contributed by atoms with Crippen LogP contribution in [0.4, 0.5) is 26.0 Å². The fourth-order valence-electron chi connectivity index (χ4n) is 2.20.